The van der Waals surface area contributed by atoms with Gasteiger partial charge in [0.05, 0.1) is 6.61 Å². The molecule has 3 atom stereocenters. The number of ether oxygens (including phenoxy) is 1. The highest BCUT2D eigenvalue weighted by molar-refractivity contribution is 5.96. The number of aromatic hydroxyl groups is 1. The topological polar surface area (TPSA) is 87.0 Å². The predicted molar refractivity (Wildman–Crippen MR) is 72.4 cm³/mol. The first-order valence-electron chi connectivity index (χ1n) is 6.77. The van der Waals surface area contributed by atoms with E-state index in [-0.39, 0.29) is 29.4 Å². The normalized spacial score (nSPS) is 23.1. The highest BCUT2D eigenvalue weighted by atomic mass is 16.6. The molecule has 1 heterocycles. The Bertz CT molecular complexity index is 538. The first kappa shape index (κ1) is 14.8. The van der Waals surface area contributed by atoms with Crippen LogP contribution in [0.2, 0.25) is 0 Å². The molecule has 110 valence electrons. The van der Waals surface area contributed by atoms with E-state index in [0.29, 0.717) is 11.1 Å². The molecule has 0 fully saturated rings. The van der Waals surface area contributed by atoms with Crippen molar-refractivity contribution in [2.45, 2.75) is 46.0 Å². The van der Waals surface area contributed by atoms with E-state index in [0.717, 1.165) is 6.42 Å². The number of carbonyl (C=O) groups excluding carboxylic acids is 1. The number of hydrogen-bond acceptors (Lipinski definition) is 5. The summed E-state index contributed by atoms with van der Waals surface area (Å²) in [5.74, 6) is -0.938. The highest BCUT2D eigenvalue weighted by Gasteiger charge is 2.40. The smallest absolute Gasteiger partial charge is 0.342 e. The molecule has 0 spiro atoms. The van der Waals surface area contributed by atoms with Crippen LogP contribution in [0.3, 0.4) is 0 Å². The molecule has 3 unspecified atom stereocenters. The lowest BCUT2D eigenvalue weighted by atomic mass is 9.84. The molecule has 5 nitrogen and oxygen atoms in total. The van der Waals surface area contributed by atoms with Crippen LogP contribution in [0.15, 0.2) is 6.07 Å². The van der Waals surface area contributed by atoms with Crippen molar-refractivity contribution < 1.29 is 24.9 Å². The summed E-state index contributed by atoms with van der Waals surface area (Å²) in [6, 6.07) is 1.59. The van der Waals surface area contributed by atoms with Crippen LogP contribution in [0, 0.1) is 12.8 Å². The Morgan fingerprint density at radius 2 is 2.10 bits per heavy atom. The second kappa shape index (κ2) is 5.42. The third-order valence-corrected chi connectivity index (χ3v) is 4.06. The third-order valence-electron chi connectivity index (χ3n) is 4.06. The van der Waals surface area contributed by atoms with Crippen molar-refractivity contribution in [3.05, 3.63) is 28.3 Å². The number of benzene rings is 1. The Labute approximate surface area is 117 Å². The molecule has 1 aliphatic rings. The lowest BCUT2D eigenvalue weighted by Gasteiger charge is -2.34. The Morgan fingerprint density at radius 3 is 2.65 bits per heavy atom. The van der Waals surface area contributed by atoms with E-state index in [1.165, 1.54) is 0 Å². The van der Waals surface area contributed by atoms with Crippen LogP contribution >= 0.6 is 0 Å². The molecular formula is C15H20O5. The second-order valence-electron chi connectivity index (χ2n) is 5.35. The van der Waals surface area contributed by atoms with Gasteiger partial charge in [0.2, 0.25) is 0 Å². The zero-order chi connectivity index (χ0) is 15.0. The van der Waals surface area contributed by atoms with E-state index in [9.17, 15) is 20.1 Å². The molecule has 0 radical (unpaired) electrons. The number of aryl methyl sites for hydroxylation is 1. The lowest BCUT2D eigenvalue weighted by molar-refractivity contribution is -0.0520. The molecule has 0 amide bonds. The number of esters is 1. The predicted octanol–water partition coefficient (Wildman–Crippen LogP) is 1.81. The molecule has 1 aliphatic heterocycles. The van der Waals surface area contributed by atoms with Crippen molar-refractivity contribution in [3.63, 3.8) is 0 Å². The van der Waals surface area contributed by atoms with Crippen molar-refractivity contribution in [1.82, 2.24) is 0 Å². The Balaban J connectivity index is 2.59. The van der Waals surface area contributed by atoms with E-state index in [4.69, 9.17) is 4.74 Å². The van der Waals surface area contributed by atoms with Crippen molar-refractivity contribution in [2.24, 2.45) is 5.92 Å². The van der Waals surface area contributed by atoms with Crippen molar-refractivity contribution in [2.75, 3.05) is 0 Å². The van der Waals surface area contributed by atoms with Gasteiger partial charge in [-0.3, -0.25) is 0 Å². The number of carbonyl (C=O) groups is 1. The van der Waals surface area contributed by atoms with Crippen LogP contribution in [-0.4, -0.2) is 27.4 Å². The van der Waals surface area contributed by atoms with Gasteiger partial charge in [0, 0.05) is 11.1 Å². The van der Waals surface area contributed by atoms with Gasteiger partial charge in [-0.05, 0) is 30.9 Å². The summed E-state index contributed by atoms with van der Waals surface area (Å²) >= 11 is 0. The van der Waals surface area contributed by atoms with Crippen molar-refractivity contribution >= 4 is 5.97 Å². The minimum Gasteiger partial charge on any atom is -0.507 e. The summed E-state index contributed by atoms with van der Waals surface area (Å²) in [7, 11) is 0. The molecule has 0 aliphatic carbocycles. The molecule has 0 bridgehead atoms. The van der Waals surface area contributed by atoms with E-state index < -0.39 is 18.2 Å². The molecule has 5 heteroatoms. The van der Waals surface area contributed by atoms with Gasteiger partial charge < -0.3 is 20.1 Å². The fourth-order valence-corrected chi connectivity index (χ4v) is 2.67. The molecule has 20 heavy (non-hydrogen) atoms. The number of cyclic esters (lactones) is 1. The maximum Gasteiger partial charge on any atom is 0.342 e. The van der Waals surface area contributed by atoms with Crippen LogP contribution in [0.5, 0.6) is 5.75 Å². The average molecular weight is 280 g/mol. The van der Waals surface area contributed by atoms with Gasteiger partial charge >= 0.3 is 5.97 Å². The van der Waals surface area contributed by atoms with Gasteiger partial charge in [-0.1, -0.05) is 13.8 Å². The molecule has 3 N–H and O–H groups in total. The SMILES string of the molecule is CCC(C)C1OC(=O)c2c(O)c(CO)cc(C)c2C1O. The zero-order valence-corrected chi connectivity index (χ0v) is 11.9. The Morgan fingerprint density at radius 1 is 1.45 bits per heavy atom. The maximum atomic E-state index is 12.1. The molecule has 0 saturated heterocycles. The van der Waals surface area contributed by atoms with Crippen LogP contribution in [0.1, 0.15) is 53.4 Å². The summed E-state index contributed by atoms with van der Waals surface area (Å²) in [6.45, 7) is 5.23. The fourth-order valence-electron chi connectivity index (χ4n) is 2.67. The monoisotopic (exact) mass is 280 g/mol. The molecule has 0 aromatic heterocycles. The Kier molecular flexibility index (Phi) is 4.01. The zero-order valence-electron chi connectivity index (χ0n) is 11.9. The first-order valence-corrected chi connectivity index (χ1v) is 6.77. The van der Waals surface area contributed by atoms with E-state index in [2.05, 4.69) is 0 Å². The van der Waals surface area contributed by atoms with Gasteiger partial charge in [0.25, 0.3) is 0 Å². The van der Waals surface area contributed by atoms with Crippen LogP contribution < -0.4 is 0 Å². The number of fused-ring (bicyclic) bond motifs is 1. The highest BCUT2D eigenvalue weighted by Crippen LogP contribution is 2.41. The first-order chi connectivity index (χ1) is 9.42. The number of rotatable bonds is 3. The number of aliphatic hydroxyl groups excluding tert-OH is 2. The number of phenols is 1. The van der Waals surface area contributed by atoms with E-state index >= 15 is 0 Å². The minimum absolute atomic E-state index is 0.0150. The van der Waals surface area contributed by atoms with E-state index in [1.54, 1.807) is 13.0 Å². The van der Waals surface area contributed by atoms with Gasteiger partial charge in [-0.15, -0.1) is 0 Å². The number of hydrogen-bond donors (Lipinski definition) is 3. The molecular weight excluding hydrogens is 260 g/mol. The molecule has 0 saturated carbocycles. The fraction of sp³-hybridized carbons (Fsp3) is 0.533. The van der Waals surface area contributed by atoms with Crippen LogP contribution in [0.25, 0.3) is 0 Å². The lowest BCUT2D eigenvalue weighted by Crippen LogP contribution is -2.37. The van der Waals surface area contributed by atoms with Crippen LogP contribution in [-0.2, 0) is 11.3 Å². The summed E-state index contributed by atoms with van der Waals surface area (Å²) in [5, 5.41) is 29.7. The number of aliphatic hydroxyl groups is 2. The minimum atomic E-state index is -0.962. The van der Waals surface area contributed by atoms with Gasteiger partial charge in [0.1, 0.15) is 23.5 Å². The largest absolute Gasteiger partial charge is 0.507 e. The standard InChI is InChI=1S/C15H20O5/c1-4-7(2)14-13(18)10-8(3)5-9(6-16)12(17)11(10)15(19)20-14/h5,7,13-14,16-18H,4,6H2,1-3H3. The molecule has 1 aromatic rings. The van der Waals surface area contributed by atoms with Gasteiger partial charge in [-0.25, -0.2) is 4.79 Å². The van der Waals surface area contributed by atoms with Crippen molar-refractivity contribution in [3.8, 4) is 5.75 Å². The second-order valence-corrected chi connectivity index (χ2v) is 5.35. The van der Waals surface area contributed by atoms with Crippen molar-refractivity contribution in [1.29, 1.82) is 0 Å². The summed E-state index contributed by atoms with van der Waals surface area (Å²) < 4.78 is 5.28. The Hall–Kier alpha value is -1.59. The quantitative estimate of drug-likeness (QED) is 0.735. The van der Waals surface area contributed by atoms with Gasteiger partial charge in [-0.2, -0.15) is 0 Å². The molecule has 2 rings (SSSR count). The summed E-state index contributed by atoms with van der Waals surface area (Å²) in [6.07, 6.45) is -0.807. The van der Waals surface area contributed by atoms with Crippen LogP contribution in [0.4, 0.5) is 0 Å². The molecule has 1 aromatic carbocycles. The van der Waals surface area contributed by atoms with E-state index in [1.807, 2.05) is 13.8 Å². The maximum absolute atomic E-state index is 12.1. The summed E-state index contributed by atoms with van der Waals surface area (Å²) in [4.78, 5) is 12.1. The summed E-state index contributed by atoms with van der Waals surface area (Å²) in [5.41, 5.74) is 1.30. The average Bonchev–Trinajstić information content (AvgIpc) is 2.43. The third kappa shape index (κ3) is 2.17. The van der Waals surface area contributed by atoms with Gasteiger partial charge in [0.15, 0.2) is 0 Å².